The third-order valence-corrected chi connectivity index (χ3v) is 3.46. The van der Waals surface area contributed by atoms with E-state index in [0.29, 0.717) is 12.5 Å². The van der Waals surface area contributed by atoms with Crippen molar-refractivity contribution in [3.05, 3.63) is 17.2 Å². The lowest BCUT2D eigenvalue weighted by Gasteiger charge is -1.98. The zero-order valence-corrected chi connectivity index (χ0v) is 10.8. The number of hydrogen-bond acceptors (Lipinski definition) is 5. The van der Waals surface area contributed by atoms with Crippen molar-refractivity contribution in [3.8, 4) is 11.5 Å². The molecule has 2 aromatic heterocycles. The summed E-state index contributed by atoms with van der Waals surface area (Å²) >= 11 is 0. The number of aromatic nitrogens is 4. The third kappa shape index (κ3) is 1.73. The molecule has 6 nitrogen and oxygen atoms in total. The Bertz CT molecular complexity index is 567. The summed E-state index contributed by atoms with van der Waals surface area (Å²) in [4.78, 5) is 4.49. The minimum Gasteiger partial charge on any atom is -0.381 e. The fourth-order valence-electron chi connectivity index (χ4n) is 2.32. The van der Waals surface area contributed by atoms with Crippen LogP contribution in [0.3, 0.4) is 0 Å². The van der Waals surface area contributed by atoms with E-state index in [-0.39, 0.29) is 5.92 Å². The van der Waals surface area contributed by atoms with E-state index >= 15 is 0 Å². The Balaban J connectivity index is 1.97. The lowest BCUT2D eigenvalue weighted by atomic mass is 10.1. The van der Waals surface area contributed by atoms with Gasteiger partial charge in [0.15, 0.2) is 5.82 Å². The van der Waals surface area contributed by atoms with Gasteiger partial charge in [0.2, 0.25) is 0 Å². The van der Waals surface area contributed by atoms with Crippen molar-refractivity contribution < 1.29 is 9.26 Å². The summed E-state index contributed by atoms with van der Waals surface area (Å²) in [5.41, 5.74) is 2.88. The van der Waals surface area contributed by atoms with Crippen LogP contribution in [-0.2, 0) is 11.8 Å². The Labute approximate surface area is 105 Å². The molecule has 18 heavy (non-hydrogen) atoms. The molecular formula is C12H16N4O2. The van der Waals surface area contributed by atoms with Crippen molar-refractivity contribution in [2.24, 2.45) is 7.05 Å². The van der Waals surface area contributed by atoms with Crippen molar-refractivity contribution >= 4 is 0 Å². The first kappa shape index (κ1) is 11.4. The van der Waals surface area contributed by atoms with Gasteiger partial charge in [-0.3, -0.25) is 4.68 Å². The molecule has 1 aliphatic heterocycles. The second kappa shape index (κ2) is 4.20. The maximum absolute atomic E-state index is 5.37. The maximum atomic E-state index is 5.37. The molecule has 1 fully saturated rings. The van der Waals surface area contributed by atoms with Gasteiger partial charge in [-0.15, -0.1) is 0 Å². The highest BCUT2D eigenvalue weighted by molar-refractivity contribution is 5.59. The van der Waals surface area contributed by atoms with E-state index in [1.165, 1.54) is 0 Å². The van der Waals surface area contributed by atoms with Crippen molar-refractivity contribution in [2.45, 2.75) is 26.2 Å². The first-order valence-electron chi connectivity index (χ1n) is 6.08. The number of ether oxygens (including phenoxy) is 1. The van der Waals surface area contributed by atoms with Crippen LogP contribution >= 0.6 is 0 Å². The molecule has 1 aliphatic rings. The fourth-order valence-corrected chi connectivity index (χ4v) is 2.32. The highest BCUT2D eigenvalue weighted by atomic mass is 16.5. The molecule has 0 N–H and O–H groups in total. The molecule has 0 aliphatic carbocycles. The molecular weight excluding hydrogens is 232 g/mol. The molecule has 0 unspecified atom stereocenters. The summed E-state index contributed by atoms with van der Waals surface area (Å²) in [6.07, 6.45) is 0.962. The Hall–Kier alpha value is -1.69. The SMILES string of the molecule is Cc1nn(C)c(C)c1-c1nc([C@H]2CCOC2)no1. The topological polar surface area (TPSA) is 66.0 Å². The standard InChI is InChI=1S/C12H16N4O2/c1-7-10(8(2)16(3)14-7)12-13-11(15-18-12)9-4-5-17-6-9/h9H,4-6H2,1-3H3/t9-/m0/s1. The van der Waals surface area contributed by atoms with Gasteiger partial charge in [0.1, 0.15) is 0 Å². The van der Waals surface area contributed by atoms with Crippen LogP contribution < -0.4 is 0 Å². The van der Waals surface area contributed by atoms with Gasteiger partial charge < -0.3 is 9.26 Å². The zero-order valence-electron chi connectivity index (χ0n) is 10.8. The predicted molar refractivity (Wildman–Crippen MR) is 64.2 cm³/mol. The molecule has 3 rings (SSSR count). The second-order valence-corrected chi connectivity index (χ2v) is 4.69. The normalized spacial score (nSPS) is 19.6. The Morgan fingerprint density at radius 2 is 2.17 bits per heavy atom. The molecule has 3 heterocycles. The second-order valence-electron chi connectivity index (χ2n) is 4.69. The highest BCUT2D eigenvalue weighted by Crippen LogP contribution is 2.28. The largest absolute Gasteiger partial charge is 0.381 e. The molecule has 6 heteroatoms. The lowest BCUT2D eigenvalue weighted by Crippen LogP contribution is -1.99. The van der Waals surface area contributed by atoms with Gasteiger partial charge in [-0.2, -0.15) is 10.1 Å². The van der Waals surface area contributed by atoms with Crippen molar-refractivity contribution in [2.75, 3.05) is 13.2 Å². The minimum absolute atomic E-state index is 0.264. The molecule has 1 saturated heterocycles. The third-order valence-electron chi connectivity index (χ3n) is 3.46. The fraction of sp³-hybridized carbons (Fsp3) is 0.583. The molecule has 0 spiro atoms. The minimum atomic E-state index is 0.264. The smallest absolute Gasteiger partial charge is 0.261 e. The Morgan fingerprint density at radius 3 is 2.78 bits per heavy atom. The van der Waals surface area contributed by atoms with Gasteiger partial charge >= 0.3 is 0 Å². The average molecular weight is 248 g/mol. The first-order chi connectivity index (χ1) is 8.66. The summed E-state index contributed by atoms with van der Waals surface area (Å²) in [5.74, 6) is 1.56. The Morgan fingerprint density at radius 1 is 1.33 bits per heavy atom. The van der Waals surface area contributed by atoms with Crippen LogP contribution in [0.2, 0.25) is 0 Å². The molecule has 0 amide bonds. The van der Waals surface area contributed by atoms with E-state index in [1.807, 2.05) is 25.6 Å². The number of hydrogen-bond donors (Lipinski definition) is 0. The first-order valence-corrected chi connectivity index (χ1v) is 6.08. The predicted octanol–water partition coefficient (Wildman–Crippen LogP) is 1.59. The average Bonchev–Trinajstić information content (AvgIpc) is 3.01. The van der Waals surface area contributed by atoms with E-state index in [0.717, 1.165) is 35.8 Å². The van der Waals surface area contributed by atoms with Gasteiger partial charge in [0, 0.05) is 25.3 Å². The highest BCUT2D eigenvalue weighted by Gasteiger charge is 2.25. The van der Waals surface area contributed by atoms with Gasteiger partial charge in [0.25, 0.3) is 5.89 Å². The lowest BCUT2D eigenvalue weighted by molar-refractivity contribution is 0.192. The number of nitrogens with zero attached hydrogens (tertiary/aromatic N) is 4. The van der Waals surface area contributed by atoms with E-state index in [1.54, 1.807) is 0 Å². The van der Waals surface area contributed by atoms with Crippen LogP contribution in [0.1, 0.15) is 29.6 Å². The van der Waals surface area contributed by atoms with Crippen LogP contribution in [0, 0.1) is 13.8 Å². The molecule has 0 aromatic carbocycles. The molecule has 96 valence electrons. The zero-order chi connectivity index (χ0) is 12.7. The molecule has 0 bridgehead atoms. The van der Waals surface area contributed by atoms with Gasteiger partial charge in [0.05, 0.1) is 17.9 Å². The van der Waals surface area contributed by atoms with Gasteiger partial charge in [-0.1, -0.05) is 5.16 Å². The molecule has 2 aromatic rings. The van der Waals surface area contributed by atoms with Crippen molar-refractivity contribution in [1.82, 2.24) is 19.9 Å². The van der Waals surface area contributed by atoms with Crippen LogP contribution in [-0.4, -0.2) is 33.1 Å². The quantitative estimate of drug-likeness (QED) is 0.807. The van der Waals surface area contributed by atoms with Gasteiger partial charge in [-0.05, 0) is 20.3 Å². The van der Waals surface area contributed by atoms with Crippen LogP contribution in [0.15, 0.2) is 4.52 Å². The van der Waals surface area contributed by atoms with Crippen LogP contribution in [0.5, 0.6) is 0 Å². The van der Waals surface area contributed by atoms with E-state index in [2.05, 4.69) is 15.2 Å². The number of rotatable bonds is 2. The van der Waals surface area contributed by atoms with E-state index in [9.17, 15) is 0 Å². The summed E-state index contributed by atoms with van der Waals surface area (Å²) in [5, 5.41) is 8.42. The monoisotopic (exact) mass is 248 g/mol. The van der Waals surface area contributed by atoms with E-state index < -0.39 is 0 Å². The summed E-state index contributed by atoms with van der Waals surface area (Å²) in [6, 6.07) is 0. The van der Waals surface area contributed by atoms with Gasteiger partial charge in [-0.25, -0.2) is 0 Å². The molecule has 0 saturated carbocycles. The summed E-state index contributed by atoms with van der Waals surface area (Å²) in [7, 11) is 1.91. The van der Waals surface area contributed by atoms with Crippen LogP contribution in [0.25, 0.3) is 11.5 Å². The molecule has 1 atom stereocenters. The number of aryl methyl sites for hydroxylation is 2. The maximum Gasteiger partial charge on any atom is 0.261 e. The van der Waals surface area contributed by atoms with Crippen molar-refractivity contribution in [1.29, 1.82) is 0 Å². The Kier molecular flexibility index (Phi) is 2.66. The molecule has 0 radical (unpaired) electrons. The summed E-state index contributed by atoms with van der Waals surface area (Å²) < 4.78 is 12.5. The summed E-state index contributed by atoms with van der Waals surface area (Å²) in [6.45, 7) is 5.41. The van der Waals surface area contributed by atoms with Crippen LogP contribution in [0.4, 0.5) is 0 Å². The van der Waals surface area contributed by atoms with E-state index in [4.69, 9.17) is 9.26 Å². The van der Waals surface area contributed by atoms with Crippen molar-refractivity contribution in [3.63, 3.8) is 0 Å².